The molecule has 0 aromatic heterocycles. The van der Waals surface area contributed by atoms with Crippen molar-refractivity contribution in [2.24, 2.45) is 5.41 Å². The van der Waals surface area contributed by atoms with Crippen LogP contribution in [0.25, 0.3) is 0 Å². The molecule has 0 bridgehead atoms. The normalized spacial score (nSPS) is 20.4. The third-order valence-corrected chi connectivity index (χ3v) is 5.58. The Balaban J connectivity index is 1.76. The van der Waals surface area contributed by atoms with Crippen LogP contribution in [-0.4, -0.2) is 93.0 Å². The first-order valence-corrected chi connectivity index (χ1v) is 9.74. The Labute approximate surface area is 186 Å². The van der Waals surface area contributed by atoms with E-state index >= 15 is 0 Å². The van der Waals surface area contributed by atoms with Gasteiger partial charge in [-0.3, -0.25) is 58.0 Å². The number of rotatable bonds is 8. The van der Waals surface area contributed by atoms with E-state index in [1.165, 1.54) is 0 Å². The van der Waals surface area contributed by atoms with Gasteiger partial charge in [0.2, 0.25) is 0 Å². The van der Waals surface area contributed by atoms with Crippen molar-refractivity contribution in [2.75, 3.05) is 26.2 Å². The van der Waals surface area contributed by atoms with Gasteiger partial charge in [-0.25, -0.2) is 0 Å². The summed E-state index contributed by atoms with van der Waals surface area (Å²) in [4.78, 5) is 102. The molecule has 0 aliphatic carbocycles. The minimum atomic E-state index is -1.62. The zero-order valence-corrected chi connectivity index (χ0v) is 17.0. The lowest BCUT2D eigenvalue weighted by Gasteiger charge is -2.42. The fourth-order valence-corrected chi connectivity index (χ4v) is 3.99. The van der Waals surface area contributed by atoms with Crippen molar-refractivity contribution in [3.05, 3.63) is 48.6 Å². The molecule has 0 aromatic rings. The van der Waals surface area contributed by atoms with Gasteiger partial charge in [-0.2, -0.15) is 0 Å². The maximum Gasteiger partial charge on any atom is 0.253 e. The number of hydrogen-bond acceptors (Lipinski definition) is 8. The van der Waals surface area contributed by atoms with Gasteiger partial charge in [0.25, 0.3) is 47.3 Å². The molecular weight excluding hydrogens is 436 g/mol. The van der Waals surface area contributed by atoms with E-state index in [1.807, 2.05) is 0 Å². The average molecular weight is 452 g/mol. The molecule has 33 heavy (non-hydrogen) atoms. The van der Waals surface area contributed by atoms with Crippen molar-refractivity contribution in [3.8, 4) is 0 Å². The number of hydrogen-bond donors (Lipinski definition) is 0. The second kappa shape index (κ2) is 7.89. The Morgan fingerprint density at radius 1 is 0.364 bits per heavy atom. The quantitative estimate of drug-likeness (QED) is 0.372. The zero-order chi connectivity index (χ0) is 23.9. The first-order chi connectivity index (χ1) is 15.6. The van der Waals surface area contributed by atoms with E-state index < -0.39 is 78.9 Å². The number of nitrogens with zero attached hydrogens (tertiary/aromatic N) is 4. The van der Waals surface area contributed by atoms with Gasteiger partial charge in [0.1, 0.15) is 0 Å². The Morgan fingerprint density at radius 2 is 0.515 bits per heavy atom. The molecule has 4 aliphatic rings. The van der Waals surface area contributed by atoms with E-state index in [1.54, 1.807) is 0 Å². The topological polar surface area (TPSA) is 150 Å². The van der Waals surface area contributed by atoms with E-state index in [0.717, 1.165) is 68.2 Å². The summed E-state index contributed by atoms with van der Waals surface area (Å²) in [7, 11) is 0. The summed E-state index contributed by atoms with van der Waals surface area (Å²) in [6, 6.07) is 0. The molecule has 0 N–H and O–H groups in total. The third kappa shape index (κ3) is 3.93. The molecule has 4 heterocycles. The smallest absolute Gasteiger partial charge is 0.253 e. The fraction of sp³-hybridized carbons (Fsp3) is 0.238. The molecule has 0 saturated heterocycles. The summed E-state index contributed by atoms with van der Waals surface area (Å²) in [5.41, 5.74) is -1.62. The van der Waals surface area contributed by atoms with Crippen LogP contribution in [-0.2, 0) is 38.4 Å². The highest BCUT2D eigenvalue weighted by atomic mass is 16.2. The molecule has 0 fully saturated rings. The Bertz CT molecular complexity index is 907. The lowest BCUT2D eigenvalue weighted by Crippen LogP contribution is -2.59. The molecule has 4 aliphatic heterocycles. The van der Waals surface area contributed by atoms with Crippen molar-refractivity contribution in [2.45, 2.75) is 0 Å². The van der Waals surface area contributed by atoms with Crippen LogP contribution in [0, 0.1) is 5.41 Å². The second-order valence-corrected chi connectivity index (χ2v) is 7.88. The first kappa shape index (κ1) is 21.7. The lowest BCUT2D eigenvalue weighted by molar-refractivity contribution is -0.145. The Hall–Kier alpha value is -4.48. The molecule has 0 radical (unpaired) electrons. The zero-order valence-electron chi connectivity index (χ0n) is 17.0. The van der Waals surface area contributed by atoms with Crippen LogP contribution in [0.1, 0.15) is 0 Å². The molecule has 0 spiro atoms. The Kier molecular flexibility index (Phi) is 5.20. The van der Waals surface area contributed by atoms with E-state index in [9.17, 15) is 38.4 Å². The van der Waals surface area contributed by atoms with Crippen molar-refractivity contribution in [3.63, 3.8) is 0 Å². The van der Waals surface area contributed by atoms with Gasteiger partial charge in [0.15, 0.2) is 0 Å². The predicted molar refractivity (Wildman–Crippen MR) is 106 cm³/mol. The summed E-state index contributed by atoms with van der Waals surface area (Å²) in [5, 5.41) is 0. The second-order valence-electron chi connectivity index (χ2n) is 7.88. The highest BCUT2D eigenvalue weighted by Crippen LogP contribution is 2.30. The predicted octanol–water partition coefficient (Wildman–Crippen LogP) is -2.33. The number of carbonyl (C=O) groups is 8. The number of carbonyl (C=O) groups excluding carboxylic acids is 8. The van der Waals surface area contributed by atoms with Gasteiger partial charge in [-0.1, -0.05) is 0 Å². The standard InChI is InChI=1S/C21H16N4O8/c26-13-1-2-14(27)22(13)9-21(10-23-15(28)3-4-16(23)29,11-24-17(30)5-6-18(24)31)12-25-19(32)7-8-20(25)33/h1-8H,9-12H2. The maximum atomic E-state index is 12.3. The van der Waals surface area contributed by atoms with Gasteiger partial charge < -0.3 is 0 Å². The van der Waals surface area contributed by atoms with E-state index in [2.05, 4.69) is 0 Å². The molecule has 0 aromatic carbocycles. The molecule has 8 amide bonds. The van der Waals surface area contributed by atoms with Crippen LogP contribution < -0.4 is 0 Å². The van der Waals surface area contributed by atoms with E-state index in [0.29, 0.717) is 0 Å². The van der Waals surface area contributed by atoms with Crippen molar-refractivity contribution < 1.29 is 38.4 Å². The van der Waals surface area contributed by atoms with E-state index in [-0.39, 0.29) is 0 Å². The minimum absolute atomic E-state index is 0.483. The van der Waals surface area contributed by atoms with Crippen LogP contribution in [0.3, 0.4) is 0 Å². The SMILES string of the molecule is O=C1C=CC(=O)N1CC(CN1C(=O)C=CC1=O)(CN1C(=O)C=CC1=O)CN1C(=O)C=CC1=O. The highest BCUT2D eigenvalue weighted by Gasteiger charge is 2.47. The molecule has 12 heteroatoms. The Morgan fingerprint density at radius 3 is 0.667 bits per heavy atom. The summed E-state index contributed by atoms with van der Waals surface area (Å²) < 4.78 is 0. The largest absolute Gasteiger partial charge is 0.275 e. The molecule has 4 rings (SSSR count). The van der Waals surface area contributed by atoms with Crippen LogP contribution in [0.2, 0.25) is 0 Å². The molecule has 0 saturated carbocycles. The molecule has 168 valence electrons. The van der Waals surface area contributed by atoms with Gasteiger partial charge in [-0.05, 0) is 0 Å². The summed E-state index contributed by atoms with van der Waals surface area (Å²) in [6.07, 6.45) is 8.13. The molecule has 12 nitrogen and oxygen atoms in total. The average Bonchev–Trinajstić information content (AvgIpc) is 3.47. The summed E-state index contributed by atoms with van der Waals surface area (Å²) in [6.45, 7) is -1.93. The minimum Gasteiger partial charge on any atom is -0.275 e. The van der Waals surface area contributed by atoms with Gasteiger partial charge in [-0.15, -0.1) is 0 Å². The molecule has 0 unspecified atom stereocenters. The lowest BCUT2D eigenvalue weighted by atomic mass is 9.84. The molecular formula is C21H16N4O8. The monoisotopic (exact) mass is 452 g/mol. The van der Waals surface area contributed by atoms with Crippen molar-refractivity contribution >= 4 is 47.3 Å². The van der Waals surface area contributed by atoms with E-state index in [4.69, 9.17) is 0 Å². The molecule has 0 atom stereocenters. The summed E-state index contributed by atoms with van der Waals surface area (Å²) in [5.74, 6) is -5.59. The van der Waals surface area contributed by atoms with Gasteiger partial charge >= 0.3 is 0 Å². The highest BCUT2D eigenvalue weighted by molar-refractivity contribution is 6.15. The first-order valence-electron chi connectivity index (χ1n) is 9.74. The summed E-state index contributed by atoms with van der Waals surface area (Å²) >= 11 is 0. The fourth-order valence-electron chi connectivity index (χ4n) is 3.99. The van der Waals surface area contributed by atoms with Crippen LogP contribution in [0.5, 0.6) is 0 Å². The number of amides is 8. The van der Waals surface area contributed by atoms with Crippen LogP contribution in [0.15, 0.2) is 48.6 Å². The maximum absolute atomic E-state index is 12.3. The number of imide groups is 4. The van der Waals surface area contributed by atoms with Gasteiger partial charge in [0.05, 0.1) is 0 Å². The van der Waals surface area contributed by atoms with Crippen LogP contribution >= 0.6 is 0 Å². The third-order valence-electron chi connectivity index (χ3n) is 5.58. The van der Waals surface area contributed by atoms with Crippen molar-refractivity contribution in [1.29, 1.82) is 0 Å². The van der Waals surface area contributed by atoms with Crippen molar-refractivity contribution in [1.82, 2.24) is 19.6 Å². The van der Waals surface area contributed by atoms with Gasteiger partial charge in [0, 0.05) is 80.2 Å². The van der Waals surface area contributed by atoms with Crippen LogP contribution in [0.4, 0.5) is 0 Å².